The fourth-order valence-corrected chi connectivity index (χ4v) is 2.53. The Bertz CT molecular complexity index is 527. The van der Waals surface area contributed by atoms with Gasteiger partial charge in [0.2, 0.25) is 5.89 Å². The van der Waals surface area contributed by atoms with Crippen LogP contribution < -0.4 is 5.73 Å². The van der Waals surface area contributed by atoms with E-state index in [9.17, 15) is 0 Å². The summed E-state index contributed by atoms with van der Waals surface area (Å²) < 4.78 is 5.20. The van der Waals surface area contributed by atoms with Gasteiger partial charge < -0.3 is 10.3 Å². The summed E-state index contributed by atoms with van der Waals surface area (Å²) in [4.78, 5) is 5.61. The number of thioether (sulfide) groups is 1. The third-order valence-electron chi connectivity index (χ3n) is 2.92. The molecule has 1 atom stereocenters. The third kappa shape index (κ3) is 4.08. The van der Waals surface area contributed by atoms with Crippen LogP contribution in [0.15, 0.2) is 33.7 Å². The minimum absolute atomic E-state index is 0.0947. The van der Waals surface area contributed by atoms with E-state index in [2.05, 4.69) is 36.1 Å². The summed E-state index contributed by atoms with van der Waals surface area (Å²) in [5.41, 5.74) is 7.13. The molecule has 0 aliphatic carbocycles. The Morgan fingerprint density at radius 2 is 2.16 bits per heavy atom. The second-order valence-corrected chi connectivity index (χ2v) is 5.55. The van der Waals surface area contributed by atoms with Crippen molar-refractivity contribution in [1.82, 2.24) is 10.1 Å². The second-order valence-electron chi connectivity index (χ2n) is 4.53. The van der Waals surface area contributed by atoms with Crippen molar-refractivity contribution in [3.63, 3.8) is 0 Å². The van der Waals surface area contributed by atoms with Crippen molar-refractivity contribution in [1.29, 1.82) is 0 Å². The summed E-state index contributed by atoms with van der Waals surface area (Å²) in [5.74, 6) is 2.08. The van der Waals surface area contributed by atoms with Gasteiger partial charge in [-0.3, -0.25) is 0 Å². The molecule has 2 aromatic rings. The van der Waals surface area contributed by atoms with Crippen LogP contribution in [0.4, 0.5) is 0 Å². The summed E-state index contributed by atoms with van der Waals surface area (Å²) >= 11 is 1.72. The molecule has 2 N–H and O–H groups in total. The first-order chi connectivity index (χ1) is 9.19. The Kier molecular flexibility index (Phi) is 4.99. The van der Waals surface area contributed by atoms with Crippen LogP contribution in [-0.2, 0) is 12.2 Å². The van der Waals surface area contributed by atoms with E-state index in [1.165, 1.54) is 10.5 Å². The van der Waals surface area contributed by atoms with E-state index in [1.807, 2.05) is 12.1 Å². The molecular formula is C14H19N3OS. The van der Waals surface area contributed by atoms with Gasteiger partial charge in [0, 0.05) is 17.4 Å². The second kappa shape index (κ2) is 6.73. The van der Waals surface area contributed by atoms with Crippen molar-refractivity contribution in [3.05, 3.63) is 41.5 Å². The Morgan fingerprint density at radius 3 is 2.89 bits per heavy atom. The fraction of sp³-hybridized carbons (Fsp3) is 0.429. The molecule has 1 unspecified atom stereocenters. The third-order valence-corrected chi connectivity index (χ3v) is 4.09. The smallest absolute Gasteiger partial charge is 0.228 e. The van der Waals surface area contributed by atoms with Crippen LogP contribution in [0.2, 0.25) is 0 Å². The van der Waals surface area contributed by atoms with Crippen molar-refractivity contribution in [2.75, 3.05) is 0 Å². The van der Waals surface area contributed by atoms with Crippen LogP contribution in [0.25, 0.3) is 0 Å². The van der Waals surface area contributed by atoms with Gasteiger partial charge in [-0.15, -0.1) is 11.8 Å². The highest BCUT2D eigenvalue weighted by atomic mass is 32.2. The van der Waals surface area contributed by atoms with Crippen molar-refractivity contribution in [3.8, 4) is 0 Å². The topological polar surface area (TPSA) is 64.9 Å². The molecular weight excluding hydrogens is 258 g/mol. The summed E-state index contributed by atoms with van der Waals surface area (Å²) in [6, 6.07) is 8.38. The van der Waals surface area contributed by atoms with E-state index in [0.717, 1.165) is 18.0 Å². The molecule has 1 aromatic heterocycles. The van der Waals surface area contributed by atoms with Crippen LogP contribution in [-0.4, -0.2) is 16.2 Å². The Labute approximate surface area is 117 Å². The van der Waals surface area contributed by atoms with Gasteiger partial charge in [-0.2, -0.15) is 4.98 Å². The molecule has 2 rings (SSSR count). The van der Waals surface area contributed by atoms with Crippen LogP contribution in [0.1, 0.15) is 30.6 Å². The van der Waals surface area contributed by atoms with Gasteiger partial charge in [0.15, 0.2) is 5.82 Å². The van der Waals surface area contributed by atoms with E-state index in [1.54, 1.807) is 11.8 Å². The van der Waals surface area contributed by atoms with E-state index < -0.39 is 0 Å². The zero-order valence-corrected chi connectivity index (χ0v) is 12.1. The first kappa shape index (κ1) is 14.1. The standard InChI is InChI=1S/C14H19N3OS/c1-3-11(15)8-14-16-13(17-18-14)9-19-12-7-5-4-6-10(12)2/h4-7,11H,3,8-9,15H2,1-2H3. The number of aromatic nitrogens is 2. The van der Waals surface area contributed by atoms with E-state index in [0.29, 0.717) is 12.3 Å². The number of hydrogen-bond donors (Lipinski definition) is 1. The predicted molar refractivity (Wildman–Crippen MR) is 77.0 cm³/mol. The van der Waals surface area contributed by atoms with Gasteiger partial charge in [-0.05, 0) is 25.0 Å². The summed E-state index contributed by atoms with van der Waals surface area (Å²) in [5, 5.41) is 3.99. The van der Waals surface area contributed by atoms with Crippen LogP contribution in [0, 0.1) is 6.92 Å². The van der Waals surface area contributed by atoms with Gasteiger partial charge in [0.05, 0.1) is 5.75 Å². The molecule has 0 radical (unpaired) electrons. The summed E-state index contributed by atoms with van der Waals surface area (Å²) in [7, 11) is 0. The highest BCUT2D eigenvalue weighted by molar-refractivity contribution is 7.98. The molecule has 0 saturated heterocycles. The van der Waals surface area contributed by atoms with E-state index in [-0.39, 0.29) is 6.04 Å². The predicted octanol–water partition coefficient (Wildman–Crippen LogP) is 2.95. The molecule has 0 fully saturated rings. The highest BCUT2D eigenvalue weighted by Gasteiger charge is 2.10. The number of rotatable bonds is 6. The molecule has 1 heterocycles. The van der Waals surface area contributed by atoms with Crippen molar-refractivity contribution >= 4 is 11.8 Å². The monoisotopic (exact) mass is 277 g/mol. The average molecular weight is 277 g/mol. The van der Waals surface area contributed by atoms with Crippen LogP contribution >= 0.6 is 11.8 Å². The zero-order valence-electron chi connectivity index (χ0n) is 11.3. The van der Waals surface area contributed by atoms with E-state index >= 15 is 0 Å². The largest absolute Gasteiger partial charge is 0.339 e. The number of benzene rings is 1. The normalized spacial score (nSPS) is 12.6. The lowest BCUT2D eigenvalue weighted by Crippen LogP contribution is -2.21. The Balaban J connectivity index is 1.92. The summed E-state index contributed by atoms with van der Waals surface area (Å²) in [6.07, 6.45) is 1.56. The fourth-order valence-electron chi connectivity index (χ4n) is 1.66. The molecule has 19 heavy (non-hydrogen) atoms. The Hall–Kier alpha value is -1.33. The quantitative estimate of drug-likeness (QED) is 0.822. The molecule has 0 aliphatic rings. The first-order valence-electron chi connectivity index (χ1n) is 6.44. The van der Waals surface area contributed by atoms with Crippen molar-refractivity contribution < 1.29 is 4.52 Å². The van der Waals surface area contributed by atoms with Crippen molar-refractivity contribution in [2.45, 2.75) is 43.4 Å². The zero-order chi connectivity index (χ0) is 13.7. The molecule has 4 nitrogen and oxygen atoms in total. The lowest BCUT2D eigenvalue weighted by molar-refractivity contribution is 0.364. The molecule has 0 bridgehead atoms. The molecule has 0 aliphatic heterocycles. The Morgan fingerprint density at radius 1 is 1.37 bits per heavy atom. The van der Waals surface area contributed by atoms with Gasteiger partial charge in [0.25, 0.3) is 0 Å². The SMILES string of the molecule is CCC(N)Cc1nc(CSc2ccccc2C)no1. The number of aryl methyl sites for hydroxylation is 1. The maximum absolute atomic E-state index is 5.87. The summed E-state index contributed by atoms with van der Waals surface area (Å²) in [6.45, 7) is 4.15. The molecule has 0 amide bonds. The van der Waals surface area contributed by atoms with Gasteiger partial charge in [0.1, 0.15) is 0 Å². The highest BCUT2D eigenvalue weighted by Crippen LogP contribution is 2.24. The van der Waals surface area contributed by atoms with Crippen molar-refractivity contribution in [2.24, 2.45) is 5.73 Å². The van der Waals surface area contributed by atoms with Gasteiger partial charge in [-0.25, -0.2) is 0 Å². The number of nitrogens with zero attached hydrogens (tertiary/aromatic N) is 2. The van der Waals surface area contributed by atoms with Gasteiger partial charge >= 0.3 is 0 Å². The molecule has 1 aromatic carbocycles. The average Bonchev–Trinajstić information content (AvgIpc) is 2.85. The maximum atomic E-state index is 5.87. The van der Waals surface area contributed by atoms with E-state index in [4.69, 9.17) is 10.3 Å². The first-order valence-corrected chi connectivity index (χ1v) is 7.43. The minimum Gasteiger partial charge on any atom is -0.339 e. The molecule has 0 spiro atoms. The molecule has 102 valence electrons. The maximum Gasteiger partial charge on any atom is 0.228 e. The number of hydrogen-bond acceptors (Lipinski definition) is 5. The minimum atomic E-state index is 0.0947. The van der Waals surface area contributed by atoms with Gasteiger partial charge in [-0.1, -0.05) is 30.3 Å². The lowest BCUT2D eigenvalue weighted by atomic mass is 10.2. The van der Waals surface area contributed by atoms with Crippen LogP contribution in [0.5, 0.6) is 0 Å². The number of nitrogens with two attached hydrogens (primary N) is 1. The molecule has 0 saturated carbocycles. The van der Waals surface area contributed by atoms with Crippen LogP contribution in [0.3, 0.4) is 0 Å². The molecule has 5 heteroatoms. The lowest BCUT2D eigenvalue weighted by Gasteiger charge is -2.03.